The minimum atomic E-state index is -0.684. The van der Waals surface area contributed by atoms with Crippen molar-refractivity contribution in [3.8, 4) is 17.2 Å². The number of benzene rings is 2. The molecule has 0 bridgehead atoms. The van der Waals surface area contributed by atoms with Crippen LogP contribution in [0.2, 0.25) is 0 Å². The van der Waals surface area contributed by atoms with Gasteiger partial charge in [-0.15, -0.1) is 0 Å². The maximum atomic E-state index is 13.2. The van der Waals surface area contributed by atoms with Crippen LogP contribution in [0.1, 0.15) is 17.0 Å². The summed E-state index contributed by atoms with van der Waals surface area (Å²) in [6.45, 7) is 3.16. The fourth-order valence-corrected chi connectivity index (χ4v) is 3.16. The van der Waals surface area contributed by atoms with Gasteiger partial charge in [-0.05, 0) is 56.3 Å². The molecule has 0 radical (unpaired) electrons. The molecule has 1 heterocycles. The van der Waals surface area contributed by atoms with Crippen molar-refractivity contribution >= 4 is 23.6 Å². The fourth-order valence-electron chi connectivity index (χ4n) is 3.16. The highest BCUT2D eigenvalue weighted by Crippen LogP contribution is 2.28. The van der Waals surface area contributed by atoms with E-state index in [-0.39, 0.29) is 5.82 Å². The van der Waals surface area contributed by atoms with E-state index in [2.05, 4.69) is 10.4 Å². The monoisotopic (exact) mass is 453 g/mol. The number of nitrogens with one attached hydrogen (secondary N) is 1. The van der Waals surface area contributed by atoms with Crippen molar-refractivity contribution in [1.29, 1.82) is 0 Å². The molecule has 0 aliphatic rings. The summed E-state index contributed by atoms with van der Waals surface area (Å²) in [4.78, 5) is 24.3. The summed E-state index contributed by atoms with van der Waals surface area (Å²) in [7, 11) is 2.98. The molecule has 8 nitrogen and oxygen atoms in total. The van der Waals surface area contributed by atoms with E-state index < -0.39 is 18.5 Å². The number of hydrogen-bond acceptors (Lipinski definition) is 6. The molecule has 0 saturated carbocycles. The summed E-state index contributed by atoms with van der Waals surface area (Å²) in [5, 5.41) is 7.07. The first-order chi connectivity index (χ1) is 15.8. The highest BCUT2D eigenvalue weighted by molar-refractivity contribution is 5.95. The van der Waals surface area contributed by atoms with Crippen LogP contribution in [0, 0.1) is 19.7 Å². The number of ether oxygens (including phenoxy) is 3. The molecule has 33 heavy (non-hydrogen) atoms. The summed E-state index contributed by atoms with van der Waals surface area (Å²) in [5.74, 6) is -0.564. The van der Waals surface area contributed by atoms with Crippen molar-refractivity contribution in [3.05, 3.63) is 71.3 Å². The number of aryl methyl sites for hydroxylation is 1. The molecule has 0 saturated heterocycles. The van der Waals surface area contributed by atoms with Gasteiger partial charge in [0.15, 0.2) is 6.61 Å². The van der Waals surface area contributed by atoms with Crippen LogP contribution in [0.25, 0.3) is 11.8 Å². The van der Waals surface area contributed by atoms with Crippen LogP contribution in [0.4, 0.5) is 10.1 Å². The van der Waals surface area contributed by atoms with Gasteiger partial charge in [-0.2, -0.15) is 5.10 Å². The van der Waals surface area contributed by atoms with E-state index >= 15 is 0 Å². The first kappa shape index (κ1) is 23.5. The van der Waals surface area contributed by atoms with Crippen LogP contribution >= 0.6 is 0 Å². The zero-order valence-electron chi connectivity index (χ0n) is 18.7. The fraction of sp³-hybridized carbons (Fsp3) is 0.208. The number of halogens is 1. The van der Waals surface area contributed by atoms with Crippen molar-refractivity contribution in [3.63, 3.8) is 0 Å². The Bertz CT molecular complexity index is 1190. The Morgan fingerprint density at radius 2 is 1.82 bits per heavy atom. The number of anilines is 1. The van der Waals surface area contributed by atoms with Crippen molar-refractivity contribution in [2.24, 2.45) is 0 Å². The van der Waals surface area contributed by atoms with Gasteiger partial charge in [-0.3, -0.25) is 4.79 Å². The lowest BCUT2D eigenvalue weighted by Gasteiger charge is -2.11. The van der Waals surface area contributed by atoms with E-state index in [9.17, 15) is 14.0 Å². The number of carbonyl (C=O) groups excluding carboxylic acids is 2. The molecular formula is C24H24FN3O5. The number of aromatic nitrogens is 2. The van der Waals surface area contributed by atoms with Gasteiger partial charge in [0.25, 0.3) is 5.91 Å². The van der Waals surface area contributed by atoms with E-state index in [1.54, 1.807) is 48.0 Å². The van der Waals surface area contributed by atoms with Gasteiger partial charge in [0.05, 0.1) is 31.3 Å². The lowest BCUT2D eigenvalue weighted by atomic mass is 10.2. The van der Waals surface area contributed by atoms with Gasteiger partial charge in [-0.1, -0.05) is 0 Å². The van der Waals surface area contributed by atoms with Gasteiger partial charge in [0.2, 0.25) is 0 Å². The Morgan fingerprint density at radius 3 is 2.48 bits per heavy atom. The molecule has 0 fully saturated rings. The SMILES string of the molecule is COc1ccc(OC)c(NC(=O)COC(=O)/C=C/c2c(C)nn(-c3ccc(F)cc3)c2C)c1. The first-order valence-corrected chi connectivity index (χ1v) is 10.0. The first-order valence-electron chi connectivity index (χ1n) is 10.0. The van der Waals surface area contributed by atoms with Crippen LogP contribution in [-0.2, 0) is 14.3 Å². The van der Waals surface area contributed by atoms with Crippen LogP contribution in [0.3, 0.4) is 0 Å². The number of esters is 1. The smallest absolute Gasteiger partial charge is 0.331 e. The Hall–Kier alpha value is -4.14. The average molecular weight is 453 g/mol. The van der Waals surface area contributed by atoms with E-state index in [1.165, 1.54) is 32.4 Å². The minimum Gasteiger partial charge on any atom is -0.497 e. The third kappa shape index (κ3) is 5.76. The lowest BCUT2D eigenvalue weighted by Crippen LogP contribution is -2.20. The predicted molar refractivity (Wildman–Crippen MR) is 121 cm³/mol. The maximum Gasteiger partial charge on any atom is 0.331 e. The quantitative estimate of drug-likeness (QED) is 0.412. The number of hydrogen-bond donors (Lipinski definition) is 1. The molecule has 3 rings (SSSR count). The Kier molecular flexibility index (Phi) is 7.45. The van der Waals surface area contributed by atoms with Crippen molar-refractivity contribution < 1.29 is 28.2 Å². The second-order valence-corrected chi connectivity index (χ2v) is 7.03. The minimum absolute atomic E-state index is 0.336. The molecule has 0 aliphatic carbocycles. The van der Waals surface area contributed by atoms with E-state index in [1.807, 2.05) is 6.92 Å². The second-order valence-electron chi connectivity index (χ2n) is 7.03. The molecule has 0 unspecified atom stereocenters. The molecule has 0 aliphatic heterocycles. The third-order valence-corrected chi connectivity index (χ3v) is 4.83. The lowest BCUT2D eigenvalue weighted by molar-refractivity contribution is -0.142. The summed E-state index contributed by atoms with van der Waals surface area (Å²) in [5.41, 5.74) is 3.27. The highest BCUT2D eigenvalue weighted by atomic mass is 19.1. The van der Waals surface area contributed by atoms with Crippen molar-refractivity contribution in [2.75, 3.05) is 26.1 Å². The van der Waals surface area contributed by atoms with Gasteiger partial charge in [-0.25, -0.2) is 13.9 Å². The number of rotatable bonds is 8. The standard InChI is InChI=1S/C24H24FN3O5/c1-15-20(16(2)28(27-15)18-7-5-17(25)6-8-18)10-12-24(30)33-14-23(29)26-21-13-19(31-3)9-11-22(21)32-4/h5-13H,14H2,1-4H3,(H,26,29)/b12-10+. The number of nitrogens with zero attached hydrogens (tertiary/aromatic N) is 2. The molecule has 172 valence electrons. The van der Waals surface area contributed by atoms with Crippen LogP contribution in [-0.4, -0.2) is 42.5 Å². The maximum absolute atomic E-state index is 13.2. The van der Waals surface area contributed by atoms with Crippen LogP contribution < -0.4 is 14.8 Å². The largest absolute Gasteiger partial charge is 0.497 e. The normalized spacial score (nSPS) is 10.8. The third-order valence-electron chi connectivity index (χ3n) is 4.83. The zero-order valence-corrected chi connectivity index (χ0v) is 18.7. The molecule has 1 amide bonds. The molecular weight excluding hydrogens is 429 g/mol. The molecule has 9 heteroatoms. The number of carbonyl (C=O) groups is 2. The summed E-state index contributed by atoms with van der Waals surface area (Å²) in [6.07, 6.45) is 2.80. The molecule has 0 spiro atoms. The molecule has 1 aromatic heterocycles. The average Bonchev–Trinajstić information content (AvgIpc) is 3.09. The summed E-state index contributed by atoms with van der Waals surface area (Å²) < 4.78 is 30.2. The van der Waals surface area contributed by atoms with Gasteiger partial charge < -0.3 is 19.5 Å². The Labute approximate surface area is 190 Å². The second kappa shape index (κ2) is 10.4. The topological polar surface area (TPSA) is 91.7 Å². The number of methoxy groups -OCH3 is 2. The summed E-state index contributed by atoms with van der Waals surface area (Å²) >= 11 is 0. The zero-order chi connectivity index (χ0) is 24.0. The van der Waals surface area contributed by atoms with E-state index in [0.717, 1.165) is 11.3 Å². The van der Waals surface area contributed by atoms with Crippen LogP contribution in [0.5, 0.6) is 11.5 Å². The van der Waals surface area contributed by atoms with Gasteiger partial charge in [0, 0.05) is 23.4 Å². The predicted octanol–water partition coefficient (Wildman–Crippen LogP) is 3.84. The van der Waals surface area contributed by atoms with Gasteiger partial charge >= 0.3 is 5.97 Å². The highest BCUT2D eigenvalue weighted by Gasteiger charge is 2.13. The Morgan fingerprint density at radius 1 is 1.09 bits per heavy atom. The van der Waals surface area contributed by atoms with E-state index in [4.69, 9.17) is 14.2 Å². The van der Waals surface area contributed by atoms with Gasteiger partial charge in [0.1, 0.15) is 17.3 Å². The van der Waals surface area contributed by atoms with Crippen LogP contribution in [0.15, 0.2) is 48.5 Å². The molecule has 0 atom stereocenters. The molecule has 3 aromatic rings. The van der Waals surface area contributed by atoms with Crippen molar-refractivity contribution in [1.82, 2.24) is 9.78 Å². The Balaban J connectivity index is 1.62. The molecule has 1 N–H and O–H groups in total. The number of amides is 1. The molecule has 2 aromatic carbocycles. The van der Waals surface area contributed by atoms with E-state index in [0.29, 0.717) is 28.6 Å². The summed E-state index contributed by atoms with van der Waals surface area (Å²) in [6, 6.07) is 10.9. The van der Waals surface area contributed by atoms with Crippen molar-refractivity contribution in [2.45, 2.75) is 13.8 Å².